The highest BCUT2D eigenvalue weighted by Crippen LogP contribution is 2.36. The van der Waals surface area contributed by atoms with Gasteiger partial charge in [0.1, 0.15) is 16.9 Å². The van der Waals surface area contributed by atoms with Gasteiger partial charge in [-0.05, 0) is 61.7 Å². The van der Waals surface area contributed by atoms with Crippen molar-refractivity contribution in [1.29, 1.82) is 0 Å². The monoisotopic (exact) mass is 454 g/mol. The summed E-state index contributed by atoms with van der Waals surface area (Å²) in [5.41, 5.74) is -0.622. The van der Waals surface area contributed by atoms with Crippen molar-refractivity contribution in [2.24, 2.45) is 0 Å². The number of benzene rings is 1. The molecule has 28 heavy (non-hydrogen) atoms. The summed E-state index contributed by atoms with van der Waals surface area (Å²) in [6.07, 6.45) is 0.382. The molecule has 2 aliphatic rings. The van der Waals surface area contributed by atoms with Crippen molar-refractivity contribution in [2.45, 2.75) is 51.3 Å². The van der Waals surface area contributed by atoms with Gasteiger partial charge in [-0.15, -0.1) is 0 Å². The number of nitrogens with zero attached hydrogens (tertiary/aromatic N) is 4. The Balaban J connectivity index is 1.65. The number of piperazine rings is 1. The van der Waals surface area contributed by atoms with Crippen molar-refractivity contribution in [3.8, 4) is 0 Å². The lowest BCUT2D eigenvalue weighted by Gasteiger charge is -2.42. The van der Waals surface area contributed by atoms with Crippen LogP contribution in [0, 0.1) is 11.9 Å². The van der Waals surface area contributed by atoms with E-state index in [-0.39, 0.29) is 28.2 Å². The van der Waals surface area contributed by atoms with E-state index in [2.05, 4.69) is 25.9 Å². The van der Waals surface area contributed by atoms with Crippen LogP contribution in [0.15, 0.2) is 16.6 Å². The minimum atomic E-state index is -0.971. The second-order valence-corrected chi connectivity index (χ2v) is 9.11. The molecule has 0 saturated carbocycles. The third kappa shape index (κ3) is 3.40. The van der Waals surface area contributed by atoms with Crippen LogP contribution in [0.2, 0.25) is 0 Å². The fourth-order valence-electron chi connectivity index (χ4n) is 4.02. The van der Waals surface area contributed by atoms with E-state index in [1.807, 2.05) is 25.7 Å². The van der Waals surface area contributed by atoms with E-state index in [9.17, 15) is 13.6 Å². The molecular weight excluding hydrogens is 434 g/mol. The number of ether oxygens (including phenoxy) is 1. The first-order chi connectivity index (χ1) is 13.1. The van der Waals surface area contributed by atoms with E-state index in [0.717, 1.165) is 12.8 Å². The number of carbonyl (C=O) groups is 1. The largest absolute Gasteiger partial charge is 0.444 e. The molecular formula is C19H21BrF2N4O2. The molecule has 1 aromatic carbocycles. The number of aromatic nitrogens is 2. The average molecular weight is 455 g/mol. The maximum Gasteiger partial charge on any atom is 0.410 e. The van der Waals surface area contributed by atoms with Crippen LogP contribution in [-0.4, -0.2) is 51.7 Å². The van der Waals surface area contributed by atoms with Gasteiger partial charge >= 0.3 is 12.2 Å². The zero-order valence-electron chi connectivity index (χ0n) is 15.9. The predicted molar refractivity (Wildman–Crippen MR) is 104 cm³/mol. The lowest BCUT2D eigenvalue weighted by molar-refractivity contribution is 0.0123. The van der Waals surface area contributed by atoms with Crippen LogP contribution in [0.3, 0.4) is 0 Å². The summed E-state index contributed by atoms with van der Waals surface area (Å²) in [6, 6.07) is 3.14. The summed E-state index contributed by atoms with van der Waals surface area (Å²) in [5.74, 6) is -0.259. The molecule has 1 aromatic heterocycles. The Kier molecular flexibility index (Phi) is 4.68. The van der Waals surface area contributed by atoms with Gasteiger partial charge in [0.25, 0.3) is 0 Å². The maximum absolute atomic E-state index is 14.4. The Morgan fingerprint density at radius 2 is 1.82 bits per heavy atom. The van der Waals surface area contributed by atoms with E-state index in [4.69, 9.17) is 4.74 Å². The number of hydrogen-bond donors (Lipinski definition) is 0. The van der Waals surface area contributed by atoms with E-state index in [1.54, 1.807) is 17.0 Å². The molecule has 4 rings (SSSR count). The number of fused-ring (bicyclic) bond motifs is 3. The zero-order valence-corrected chi connectivity index (χ0v) is 17.5. The third-order valence-corrected chi connectivity index (χ3v) is 5.71. The molecule has 2 bridgehead atoms. The normalized spacial score (nSPS) is 22.1. The second-order valence-electron chi connectivity index (χ2n) is 8.25. The molecule has 2 saturated heterocycles. The van der Waals surface area contributed by atoms with Crippen LogP contribution in [0.5, 0.6) is 0 Å². The Morgan fingerprint density at radius 3 is 2.43 bits per heavy atom. The molecule has 0 N–H and O–H groups in total. The molecule has 9 heteroatoms. The van der Waals surface area contributed by atoms with Crippen LogP contribution in [-0.2, 0) is 4.74 Å². The topological polar surface area (TPSA) is 58.6 Å². The SMILES string of the molecule is CC(C)(C)OC(=O)N1[C@@H]2CC[C@H]1CN(c1nc(F)nc3c(F)c(Br)ccc13)C2. The highest BCUT2D eigenvalue weighted by atomic mass is 79.9. The van der Waals surface area contributed by atoms with Crippen molar-refractivity contribution < 1.29 is 18.3 Å². The quantitative estimate of drug-likeness (QED) is 0.602. The highest BCUT2D eigenvalue weighted by Gasteiger charge is 2.45. The van der Waals surface area contributed by atoms with Crippen LogP contribution < -0.4 is 4.90 Å². The van der Waals surface area contributed by atoms with Gasteiger partial charge < -0.3 is 9.64 Å². The Hall–Kier alpha value is -2.03. The van der Waals surface area contributed by atoms with Crippen molar-refractivity contribution in [2.75, 3.05) is 18.0 Å². The van der Waals surface area contributed by atoms with Gasteiger partial charge in [-0.25, -0.2) is 9.18 Å². The first-order valence-electron chi connectivity index (χ1n) is 9.21. The van der Waals surface area contributed by atoms with E-state index >= 15 is 0 Å². The summed E-state index contributed by atoms with van der Waals surface area (Å²) < 4.78 is 34.2. The van der Waals surface area contributed by atoms with Gasteiger partial charge in [0.15, 0.2) is 5.82 Å². The number of hydrogen-bond acceptors (Lipinski definition) is 5. The maximum atomic E-state index is 14.4. The Bertz CT molecular complexity index is 936. The Labute approximate surface area is 170 Å². The van der Waals surface area contributed by atoms with Crippen molar-refractivity contribution >= 4 is 38.7 Å². The fraction of sp³-hybridized carbons (Fsp3) is 0.526. The second kappa shape index (κ2) is 6.79. The number of amides is 1. The van der Waals surface area contributed by atoms with Crippen molar-refractivity contribution in [1.82, 2.24) is 14.9 Å². The van der Waals surface area contributed by atoms with Gasteiger partial charge in [-0.1, -0.05) is 0 Å². The third-order valence-electron chi connectivity index (χ3n) is 5.10. The van der Waals surface area contributed by atoms with Gasteiger partial charge in [0.05, 0.1) is 16.6 Å². The molecule has 6 nitrogen and oxygen atoms in total. The van der Waals surface area contributed by atoms with Gasteiger partial charge in [-0.2, -0.15) is 14.4 Å². The Morgan fingerprint density at radius 1 is 1.18 bits per heavy atom. The molecule has 2 aromatic rings. The fourth-order valence-corrected chi connectivity index (χ4v) is 4.34. The highest BCUT2D eigenvalue weighted by molar-refractivity contribution is 9.10. The van der Waals surface area contributed by atoms with Gasteiger partial charge in [0.2, 0.25) is 0 Å². The minimum absolute atomic E-state index is 0.0537. The molecule has 150 valence electrons. The van der Waals surface area contributed by atoms with Crippen molar-refractivity contribution in [3.63, 3.8) is 0 Å². The standard InChI is InChI=1S/C19H21BrF2N4O2/c1-19(2,3)28-18(27)26-10-4-5-11(26)9-25(8-10)16-12-6-7-13(20)14(21)15(12)23-17(22)24-16/h6-7,10-11H,4-5,8-9H2,1-3H3/t10-,11+. The minimum Gasteiger partial charge on any atom is -0.444 e. The first-order valence-corrected chi connectivity index (χ1v) is 10.0. The number of anilines is 1. The van der Waals surface area contributed by atoms with E-state index < -0.39 is 17.5 Å². The molecule has 2 atom stereocenters. The summed E-state index contributed by atoms with van der Waals surface area (Å²) in [7, 11) is 0. The van der Waals surface area contributed by atoms with Crippen LogP contribution in [0.4, 0.5) is 19.4 Å². The molecule has 0 radical (unpaired) electrons. The zero-order chi connectivity index (χ0) is 20.2. The number of rotatable bonds is 1. The lowest BCUT2D eigenvalue weighted by atomic mass is 10.1. The molecule has 1 amide bonds. The summed E-state index contributed by atoms with van der Waals surface area (Å²) in [4.78, 5) is 23.9. The molecule has 0 spiro atoms. The summed E-state index contributed by atoms with van der Waals surface area (Å²) >= 11 is 3.11. The predicted octanol–water partition coefficient (Wildman–Crippen LogP) is 4.26. The van der Waals surface area contributed by atoms with E-state index in [1.165, 1.54) is 0 Å². The van der Waals surface area contributed by atoms with E-state index in [0.29, 0.717) is 24.3 Å². The molecule has 0 unspecified atom stereocenters. The van der Waals surface area contributed by atoms with Gasteiger partial charge in [-0.3, -0.25) is 4.90 Å². The van der Waals surface area contributed by atoms with Gasteiger partial charge in [0, 0.05) is 18.5 Å². The van der Waals surface area contributed by atoms with Crippen LogP contribution >= 0.6 is 15.9 Å². The van der Waals surface area contributed by atoms with Crippen LogP contribution in [0.25, 0.3) is 10.9 Å². The smallest absolute Gasteiger partial charge is 0.410 e. The average Bonchev–Trinajstić information content (AvgIpc) is 2.87. The molecule has 3 heterocycles. The molecule has 2 aliphatic heterocycles. The first kappa shape index (κ1) is 19.3. The molecule has 2 fully saturated rings. The van der Waals surface area contributed by atoms with Crippen LogP contribution in [0.1, 0.15) is 33.6 Å². The number of carbonyl (C=O) groups excluding carboxylic acids is 1. The molecule has 0 aliphatic carbocycles. The lowest BCUT2D eigenvalue weighted by Crippen LogP contribution is -2.57. The number of halogens is 3. The summed E-state index contributed by atoms with van der Waals surface area (Å²) in [6.45, 7) is 6.49. The summed E-state index contributed by atoms with van der Waals surface area (Å²) in [5, 5.41) is 0.451. The van der Waals surface area contributed by atoms with Crippen molar-refractivity contribution in [3.05, 3.63) is 28.5 Å².